The first-order valence-corrected chi connectivity index (χ1v) is 9.15. The van der Waals surface area contributed by atoms with Gasteiger partial charge in [-0.15, -0.1) is 0 Å². The van der Waals surface area contributed by atoms with E-state index in [1.54, 1.807) is 33.9 Å². The highest BCUT2D eigenvalue weighted by atomic mass is 35.5. The summed E-state index contributed by atoms with van der Waals surface area (Å²) in [5.74, 6) is -0.695. The molecule has 26 heavy (non-hydrogen) atoms. The second-order valence-electron chi connectivity index (χ2n) is 7.58. The lowest BCUT2D eigenvalue weighted by Crippen LogP contribution is -2.53. The molecule has 0 bridgehead atoms. The lowest BCUT2D eigenvalue weighted by Gasteiger charge is -2.37. The fourth-order valence-electron chi connectivity index (χ4n) is 2.98. The number of carbonyl (C=O) groups is 2. The fourth-order valence-corrected chi connectivity index (χ4v) is 3.20. The number of carbonyl (C=O) groups excluding carboxylic acids is 2. The summed E-state index contributed by atoms with van der Waals surface area (Å²) in [6, 6.07) is 3.82. The van der Waals surface area contributed by atoms with Crippen molar-refractivity contribution in [2.24, 2.45) is 0 Å². The Morgan fingerprint density at radius 1 is 1.35 bits per heavy atom. The van der Waals surface area contributed by atoms with E-state index in [0.717, 1.165) is 12.8 Å². The molecule has 1 heterocycles. The van der Waals surface area contributed by atoms with Crippen molar-refractivity contribution in [1.82, 2.24) is 9.80 Å². The van der Waals surface area contributed by atoms with Crippen molar-refractivity contribution in [3.8, 4) is 0 Å². The van der Waals surface area contributed by atoms with Crippen LogP contribution in [0.2, 0.25) is 5.02 Å². The van der Waals surface area contributed by atoms with Gasteiger partial charge in [0, 0.05) is 30.7 Å². The van der Waals surface area contributed by atoms with Gasteiger partial charge >= 0.3 is 6.09 Å². The molecule has 0 spiro atoms. The van der Waals surface area contributed by atoms with Gasteiger partial charge in [-0.1, -0.05) is 17.7 Å². The number of hydrogen-bond acceptors (Lipinski definition) is 3. The molecule has 2 rings (SSSR count). The van der Waals surface area contributed by atoms with Gasteiger partial charge in [-0.05, 0) is 52.2 Å². The fraction of sp³-hybridized carbons (Fsp3) is 0.579. The van der Waals surface area contributed by atoms with E-state index < -0.39 is 23.6 Å². The van der Waals surface area contributed by atoms with Crippen LogP contribution in [-0.2, 0) is 16.1 Å². The summed E-state index contributed by atoms with van der Waals surface area (Å²) < 4.78 is 19.4. The zero-order valence-corrected chi connectivity index (χ0v) is 16.5. The quantitative estimate of drug-likeness (QED) is 0.783. The molecule has 1 aromatic rings. The maximum absolute atomic E-state index is 14.0. The first-order chi connectivity index (χ1) is 12.1. The summed E-state index contributed by atoms with van der Waals surface area (Å²) in [5.41, 5.74) is -0.362. The number of likely N-dealkylation sites (N-methyl/N-ethyl adjacent to an activating group) is 1. The number of rotatable bonds is 3. The smallest absolute Gasteiger partial charge is 0.410 e. The van der Waals surface area contributed by atoms with Crippen LogP contribution in [0.4, 0.5) is 9.18 Å². The Morgan fingerprint density at radius 2 is 2.04 bits per heavy atom. The Balaban J connectivity index is 2.13. The molecule has 144 valence electrons. The van der Waals surface area contributed by atoms with E-state index in [1.807, 2.05) is 0 Å². The van der Waals surface area contributed by atoms with Crippen LogP contribution < -0.4 is 0 Å². The molecule has 1 aromatic carbocycles. The Labute approximate surface area is 159 Å². The maximum atomic E-state index is 14.0. The summed E-state index contributed by atoms with van der Waals surface area (Å²) in [5, 5.41) is 0.275. The van der Waals surface area contributed by atoms with Gasteiger partial charge in [-0.25, -0.2) is 9.18 Å². The molecule has 0 unspecified atom stereocenters. The van der Waals surface area contributed by atoms with Crippen LogP contribution in [0.5, 0.6) is 0 Å². The largest absolute Gasteiger partial charge is 0.444 e. The van der Waals surface area contributed by atoms with Gasteiger partial charge < -0.3 is 9.64 Å². The number of hydrogen-bond donors (Lipinski definition) is 0. The first-order valence-electron chi connectivity index (χ1n) is 8.77. The Morgan fingerprint density at radius 3 is 2.65 bits per heavy atom. The molecular formula is C19H26ClFN2O3. The summed E-state index contributed by atoms with van der Waals surface area (Å²) >= 11 is 6.05. The monoisotopic (exact) mass is 384 g/mol. The van der Waals surface area contributed by atoms with Gasteiger partial charge in [0.1, 0.15) is 17.5 Å². The number of halogens is 2. The molecule has 0 radical (unpaired) electrons. The Bertz CT molecular complexity index is 655. The van der Waals surface area contributed by atoms with Crippen LogP contribution >= 0.6 is 11.6 Å². The second kappa shape index (κ2) is 8.25. The van der Waals surface area contributed by atoms with E-state index >= 15 is 0 Å². The van der Waals surface area contributed by atoms with E-state index in [-0.39, 0.29) is 23.0 Å². The third-order valence-corrected chi connectivity index (χ3v) is 4.60. The van der Waals surface area contributed by atoms with Crippen LogP contribution in [0, 0.1) is 5.82 Å². The lowest BCUT2D eigenvalue weighted by molar-refractivity contribution is -0.137. The lowest BCUT2D eigenvalue weighted by atomic mass is 10.0. The van der Waals surface area contributed by atoms with Crippen LogP contribution in [-0.4, -0.2) is 47.0 Å². The van der Waals surface area contributed by atoms with Crippen molar-refractivity contribution >= 4 is 23.6 Å². The molecule has 2 amide bonds. The molecule has 1 aliphatic heterocycles. The number of ether oxygens (including phenoxy) is 1. The number of nitrogens with zero attached hydrogens (tertiary/aromatic N) is 2. The minimum absolute atomic E-state index is 0.0446. The standard InChI is InChI=1S/C19H26ClFN2O3/c1-19(2,3)26-18(25)23-11-6-5-10-16(23)17(24)22(4)12-13-14(20)8-7-9-15(13)21/h7-9,16H,5-6,10-12H2,1-4H3/t16-/m0/s1. The Kier molecular flexibility index (Phi) is 6.50. The minimum Gasteiger partial charge on any atom is -0.444 e. The average molecular weight is 385 g/mol. The zero-order chi connectivity index (χ0) is 19.5. The van der Waals surface area contributed by atoms with E-state index in [9.17, 15) is 14.0 Å². The van der Waals surface area contributed by atoms with Crippen LogP contribution in [0.3, 0.4) is 0 Å². The van der Waals surface area contributed by atoms with Crippen molar-refractivity contribution in [3.63, 3.8) is 0 Å². The van der Waals surface area contributed by atoms with Crippen molar-refractivity contribution in [3.05, 3.63) is 34.6 Å². The SMILES string of the molecule is CN(Cc1c(F)cccc1Cl)C(=O)[C@@H]1CCCCN1C(=O)OC(C)(C)C. The summed E-state index contributed by atoms with van der Waals surface area (Å²) in [6.07, 6.45) is 1.75. The predicted octanol–water partition coefficient (Wildman–Crippen LogP) is 4.23. The van der Waals surface area contributed by atoms with Crippen molar-refractivity contribution in [2.45, 2.75) is 58.2 Å². The molecule has 7 heteroatoms. The van der Waals surface area contributed by atoms with Crippen molar-refractivity contribution in [2.75, 3.05) is 13.6 Å². The molecule has 0 aliphatic carbocycles. The molecule has 0 N–H and O–H groups in total. The third kappa shape index (κ3) is 5.10. The van der Waals surface area contributed by atoms with Crippen LogP contribution in [0.15, 0.2) is 18.2 Å². The van der Waals surface area contributed by atoms with Crippen LogP contribution in [0.25, 0.3) is 0 Å². The van der Waals surface area contributed by atoms with E-state index in [4.69, 9.17) is 16.3 Å². The van der Waals surface area contributed by atoms with Crippen LogP contribution in [0.1, 0.15) is 45.6 Å². The minimum atomic E-state index is -0.630. The highest BCUT2D eigenvalue weighted by molar-refractivity contribution is 6.31. The van der Waals surface area contributed by atoms with Gasteiger partial charge in [0.25, 0.3) is 0 Å². The van der Waals surface area contributed by atoms with Gasteiger partial charge in [0.15, 0.2) is 0 Å². The maximum Gasteiger partial charge on any atom is 0.410 e. The zero-order valence-electron chi connectivity index (χ0n) is 15.7. The van der Waals surface area contributed by atoms with Gasteiger partial charge in [0.2, 0.25) is 5.91 Å². The predicted molar refractivity (Wildman–Crippen MR) is 98.5 cm³/mol. The highest BCUT2D eigenvalue weighted by Crippen LogP contribution is 2.24. The van der Waals surface area contributed by atoms with E-state index in [2.05, 4.69) is 0 Å². The topological polar surface area (TPSA) is 49.9 Å². The molecule has 1 saturated heterocycles. The molecule has 0 aromatic heterocycles. The van der Waals surface area contributed by atoms with Gasteiger partial charge in [-0.3, -0.25) is 9.69 Å². The molecule has 0 saturated carbocycles. The molecule has 5 nitrogen and oxygen atoms in total. The highest BCUT2D eigenvalue weighted by Gasteiger charge is 2.36. The van der Waals surface area contributed by atoms with Gasteiger partial charge in [0.05, 0.1) is 0 Å². The number of amides is 2. The van der Waals surface area contributed by atoms with Crippen molar-refractivity contribution < 1.29 is 18.7 Å². The summed E-state index contributed by atoms with van der Waals surface area (Å²) in [6.45, 7) is 5.89. The summed E-state index contributed by atoms with van der Waals surface area (Å²) in [4.78, 5) is 28.3. The third-order valence-electron chi connectivity index (χ3n) is 4.25. The van der Waals surface area contributed by atoms with E-state index in [1.165, 1.54) is 21.9 Å². The first kappa shape index (κ1) is 20.5. The average Bonchev–Trinajstić information content (AvgIpc) is 2.56. The normalized spacial score (nSPS) is 17.8. The Hall–Kier alpha value is -1.82. The van der Waals surface area contributed by atoms with E-state index in [0.29, 0.717) is 13.0 Å². The molecule has 1 atom stereocenters. The van der Waals surface area contributed by atoms with Crippen molar-refractivity contribution in [1.29, 1.82) is 0 Å². The summed E-state index contributed by atoms with van der Waals surface area (Å²) in [7, 11) is 1.59. The second-order valence-corrected chi connectivity index (χ2v) is 7.99. The number of likely N-dealkylation sites (tertiary alicyclic amines) is 1. The van der Waals surface area contributed by atoms with Gasteiger partial charge in [-0.2, -0.15) is 0 Å². The number of benzene rings is 1. The number of piperidine rings is 1. The molecule has 1 aliphatic rings. The molecular weight excluding hydrogens is 359 g/mol. The molecule has 1 fully saturated rings.